The van der Waals surface area contributed by atoms with Crippen molar-refractivity contribution < 1.29 is 4.57 Å². The van der Waals surface area contributed by atoms with Crippen molar-refractivity contribution >= 4 is 21.8 Å². The van der Waals surface area contributed by atoms with Gasteiger partial charge in [0.05, 0.1) is 13.2 Å². The molecule has 0 aliphatic carbocycles. The molecular weight excluding hydrogens is 316 g/mol. The summed E-state index contributed by atoms with van der Waals surface area (Å²) in [6.07, 6.45) is 2.23. The first-order chi connectivity index (χ1) is 12.3. The molecule has 2 nitrogen and oxygen atoms in total. The van der Waals surface area contributed by atoms with E-state index in [9.17, 15) is 0 Å². The molecule has 0 atom stereocenters. The molecule has 0 amide bonds. The van der Waals surface area contributed by atoms with Gasteiger partial charge in [0, 0.05) is 16.8 Å². The van der Waals surface area contributed by atoms with Crippen LogP contribution >= 0.6 is 0 Å². The van der Waals surface area contributed by atoms with Gasteiger partial charge in [-0.05, 0) is 81.5 Å². The average Bonchev–Trinajstić information content (AvgIpc) is 2.90. The van der Waals surface area contributed by atoms with Crippen LogP contribution in [0.1, 0.15) is 33.4 Å². The molecule has 2 heterocycles. The fraction of sp³-hybridized carbons (Fsp3) is 0.292. The second-order valence-corrected chi connectivity index (χ2v) is 7.82. The zero-order valence-electron chi connectivity index (χ0n) is 16.9. The van der Waals surface area contributed by atoms with Gasteiger partial charge in [0.1, 0.15) is 11.0 Å². The van der Waals surface area contributed by atoms with Crippen LogP contribution < -0.4 is 4.57 Å². The van der Waals surface area contributed by atoms with Crippen LogP contribution in [-0.2, 0) is 7.05 Å². The Morgan fingerprint density at radius 1 is 0.769 bits per heavy atom. The van der Waals surface area contributed by atoms with Gasteiger partial charge in [-0.2, -0.15) is 4.57 Å². The summed E-state index contributed by atoms with van der Waals surface area (Å²) in [4.78, 5) is 0. The summed E-state index contributed by atoms with van der Waals surface area (Å²) in [5.41, 5.74) is 10.6. The highest BCUT2D eigenvalue weighted by Crippen LogP contribution is 2.37. The lowest BCUT2D eigenvalue weighted by atomic mass is 9.99. The monoisotopic (exact) mass is 343 g/mol. The predicted octanol–water partition coefficient (Wildman–Crippen LogP) is 5.46. The smallest absolute Gasteiger partial charge is 0.236 e. The van der Waals surface area contributed by atoms with Gasteiger partial charge in [-0.25, -0.2) is 4.57 Å². The summed E-state index contributed by atoms with van der Waals surface area (Å²) in [5.74, 6) is 1.21. The first-order valence-electron chi connectivity index (χ1n) is 9.28. The molecule has 0 aliphatic heterocycles. The molecule has 0 unspecified atom stereocenters. The first-order valence-corrected chi connectivity index (χ1v) is 9.28. The molecule has 4 rings (SSSR count). The van der Waals surface area contributed by atoms with Crippen LogP contribution in [0.15, 0.2) is 36.5 Å². The molecule has 2 aromatic heterocycles. The van der Waals surface area contributed by atoms with Crippen molar-refractivity contribution in [1.29, 1.82) is 0 Å². The van der Waals surface area contributed by atoms with E-state index < -0.39 is 0 Å². The lowest BCUT2D eigenvalue weighted by Gasteiger charge is -2.10. The lowest BCUT2D eigenvalue weighted by molar-refractivity contribution is -0.665. The SMILES string of the molecule is Cc1ccc2c(c1)c1c(C)cc(C)c(C)c1n2-c1cc(C)c(C)c[n+]1C. The Balaban J connectivity index is 2.30. The van der Waals surface area contributed by atoms with E-state index in [-0.39, 0.29) is 0 Å². The fourth-order valence-corrected chi connectivity index (χ4v) is 4.18. The summed E-state index contributed by atoms with van der Waals surface area (Å²) in [6, 6.07) is 11.5. The molecule has 0 radical (unpaired) electrons. The predicted molar refractivity (Wildman–Crippen MR) is 110 cm³/mol. The summed E-state index contributed by atoms with van der Waals surface area (Å²) >= 11 is 0. The van der Waals surface area contributed by atoms with Crippen molar-refractivity contribution in [2.75, 3.05) is 0 Å². The van der Waals surface area contributed by atoms with Crippen LogP contribution in [0.4, 0.5) is 0 Å². The summed E-state index contributed by atoms with van der Waals surface area (Å²) < 4.78 is 4.70. The number of benzene rings is 2. The highest BCUT2D eigenvalue weighted by atomic mass is 15.1. The van der Waals surface area contributed by atoms with Crippen LogP contribution in [0.25, 0.3) is 27.6 Å². The molecule has 0 N–H and O–H groups in total. The van der Waals surface area contributed by atoms with Gasteiger partial charge >= 0.3 is 0 Å². The Labute approximate surface area is 155 Å². The number of aromatic nitrogens is 2. The Morgan fingerprint density at radius 3 is 2.23 bits per heavy atom. The summed E-state index contributed by atoms with van der Waals surface area (Å²) in [5, 5.41) is 2.73. The van der Waals surface area contributed by atoms with Crippen molar-refractivity contribution in [2.24, 2.45) is 7.05 Å². The van der Waals surface area contributed by atoms with Gasteiger partial charge in [0.25, 0.3) is 5.82 Å². The molecule has 4 aromatic rings. The molecule has 0 saturated carbocycles. The highest BCUT2D eigenvalue weighted by Gasteiger charge is 2.24. The van der Waals surface area contributed by atoms with E-state index in [1.807, 2.05) is 0 Å². The van der Waals surface area contributed by atoms with E-state index in [4.69, 9.17) is 0 Å². The molecular formula is C24H27N2+. The number of aryl methyl sites for hydroxylation is 7. The third kappa shape index (κ3) is 2.28. The van der Waals surface area contributed by atoms with Crippen LogP contribution in [-0.4, -0.2) is 4.57 Å². The topological polar surface area (TPSA) is 8.81 Å². The molecule has 0 bridgehead atoms. The van der Waals surface area contributed by atoms with Crippen LogP contribution in [0.3, 0.4) is 0 Å². The number of fused-ring (bicyclic) bond motifs is 3. The molecule has 0 fully saturated rings. The van der Waals surface area contributed by atoms with Crippen molar-refractivity contribution in [2.45, 2.75) is 41.5 Å². The third-order valence-corrected chi connectivity index (χ3v) is 5.84. The van der Waals surface area contributed by atoms with Crippen LogP contribution in [0, 0.1) is 41.5 Å². The quantitative estimate of drug-likeness (QED) is 0.406. The van der Waals surface area contributed by atoms with E-state index in [1.54, 1.807) is 0 Å². The van der Waals surface area contributed by atoms with Crippen molar-refractivity contribution in [3.05, 3.63) is 69.9 Å². The molecule has 26 heavy (non-hydrogen) atoms. The maximum atomic E-state index is 2.45. The molecule has 0 saturated heterocycles. The molecule has 2 heteroatoms. The highest BCUT2D eigenvalue weighted by molar-refractivity contribution is 6.12. The minimum atomic E-state index is 1.21. The van der Waals surface area contributed by atoms with Gasteiger partial charge < -0.3 is 0 Å². The standard InChI is InChI=1S/C24H27N2/c1-14-8-9-21-20(10-14)23-17(4)11-16(3)19(6)24(23)26(21)22-12-15(2)18(5)13-25(22)7/h8-13H,1-7H3/q+1. The zero-order valence-corrected chi connectivity index (χ0v) is 16.9. The van der Waals surface area contributed by atoms with Crippen LogP contribution in [0.5, 0.6) is 0 Å². The van der Waals surface area contributed by atoms with E-state index in [1.165, 1.54) is 61.0 Å². The number of pyridine rings is 1. The Kier molecular flexibility index (Phi) is 3.69. The van der Waals surface area contributed by atoms with Crippen LogP contribution in [0.2, 0.25) is 0 Å². The van der Waals surface area contributed by atoms with Gasteiger partial charge in [0.15, 0.2) is 0 Å². The molecule has 0 aliphatic rings. The van der Waals surface area contributed by atoms with Crippen molar-refractivity contribution in [3.63, 3.8) is 0 Å². The fourth-order valence-electron chi connectivity index (χ4n) is 4.18. The Morgan fingerprint density at radius 2 is 1.50 bits per heavy atom. The van der Waals surface area contributed by atoms with E-state index in [2.05, 4.69) is 94.3 Å². The van der Waals surface area contributed by atoms with Gasteiger partial charge in [-0.1, -0.05) is 17.7 Å². The van der Waals surface area contributed by atoms with E-state index in [0.717, 1.165) is 0 Å². The molecule has 2 aromatic carbocycles. The minimum Gasteiger partial charge on any atom is -0.236 e. The van der Waals surface area contributed by atoms with E-state index in [0.29, 0.717) is 0 Å². The number of hydrogen-bond donors (Lipinski definition) is 0. The van der Waals surface area contributed by atoms with Gasteiger partial charge in [-0.15, -0.1) is 0 Å². The maximum Gasteiger partial charge on any atom is 0.286 e. The largest absolute Gasteiger partial charge is 0.286 e. The van der Waals surface area contributed by atoms with Crippen molar-refractivity contribution in [1.82, 2.24) is 4.57 Å². The molecule has 0 spiro atoms. The Hall–Kier alpha value is -2.61. The van der Waals surface area contributed by atoms with Crippen molar-refractivity contribution in [3.8, 4) is 5.82 Å². The van der Waals surface area contributed by atoms with E-state index >= 15 is 0 Å². The van der Waals surface area contributed by atoms with Gasteiger partial charge in [0.2, 0.25) is 0 Å². The molecule has 132 valence electrons. The second kappa shape index (κ2) is 5.70. The lowest BCUT2D eigenvalue weighted by Crippen LogP contribution is -2.34. The average molecular weight is 343 g/mol. The summed E-state index contributed by atoms with van der Waals surface area (Å²) in [6.45, 7) is 13.3. The Bertz CT molecular complexity index is 1190. The zero-order chi connectivity index (χ0) is 18.7. The second-order valence-electron chi connectivity index (χ2n) is 7.82. The number of rotatable bonds is 1. The maximum absolute atomic E-state index is 2.45. The third-order valence-electron chi connectivity index (χ3n) is 5.84. The number of nitrogens with zero attached hydrogens (tertiary/aromatic N) is 2. The normalized spacial score (nSPS) is 11.7. The minimum absolute atomic E-state index is 1.21. The first kappa shape index (κ1) is 16.8. The van der Waals surface area contributed by atoms with Gasteiger partial charge in [-0.3, -0.25) is 0 Å². The summed E-state index contributed by atoms with van der Waals surface area (Å²) in [7, 11) is 2.14. The number of hydrogen-bond acceptors (Lipinski definition) is 0.